The van der Waals surface area contributed by atoms with Crippen molar-refractivity contribution in [3.05, 3.63) is 71.3 Å². The van der Waals surface area contributed by atoms with E-state index < -0.39 is 6.17 Å². The van der Waals surface area contributed by atoms with Gasteiger partial charge in [-0.25, -0.2) is 4.39 Å². The summed E-state index contributed by atoms with van der Waals surface area (Å²) in [6.45, 7) is 1.97. The lowest BCUT2D eigenvalue weighted by molar-refractivity contribution is 0.402. The SMILES string of the molecule is Cc1cccc(C(F)c2ccccc2)c1. The molecule has 1 atom stereocenters. The molecule has 0 saturated heterocycles. The van der Waals surface area contributed by atoms with Crippen molar-refractivity contribution in [1.29, 1.82) is 0 Å². The molecule has 2 rings (SSSR count). The van der Waals surface area contributed by atoms with Gasteiger partial charge in [-0.05, 0) is 18.1 Å². The number of benzene rings is 2. The molecule has 0 amide bonds. The van der Waals surface area contributed by atoms with E-state index in [0.29, 0.717) is 5.56 Å². The van der Waals surface area contributed by atoms with E-state index in [9.17, 15) is 4.39 Å². The molecule has 0 aliphatic carbocycles. The first kappa shape index (κ1) is 9.91. The Bertz CT molecular complexity index is 434. The average Bonchev–Trinajstić information content (AvgIpc) is 2.29. The summed E-state index contributed by atoms with van der Waals surface area (Å²) in [4.78, 5) is 0. The van der Waals surface area contributed by atoms with Gasteiger partial charge >= 0.3 is 0 Å². The number of hydrogen-bond donors (Lipinski definition) is 0. The molecule has 76 valence electrons. The van der Waals surface area contributed by atoms with Gasteiger partial charge in [0.05, 0.1) is 0 Å². The quantitative estimate of drug-likeness (QED) is 0.686. The van der Waals surface area contributed by atoms with Crippen LogP contribution >= 0.6 is 0 Å². The van der Waals surface area contributed by atoms with Crippen molar-refractivity contribution in [1.82, 2.24) is 0 Å². The average molecular weight is 200 g/mol. The van der Waals surface area contributed by atoms with Crippen LogP contribution in [0.1, 0.15) is 22.9 Å². The van der Waals surface area contributed by atoms with Crippen LogP contribution in [0.4, 0.5) is 4.39 Å². The largest absolute Gasteiger partial charge is 0.237 e. The summed E-state index contributed by atoms with van der Waals surface area (Å²) in [6, 6.07) is 16.8. The zero-order valence-electron chi connectivity index (χ0n) is 8.65. The molecule has 0 N–H and O–H groups in total. The lowest BCUT2D eigenvalue weighted by Gasteiger charge is -2.09. The van der Waals surface area contributed by atoms with Crippen LogP contribution in [0.15, 0.2) is 54.6 Å². The van der Waals surface area contributed by atoms with Crippen LogP contribution in [0.2, 0.25) is 0 Å². The molecule has 0 aliphatic rings. The Labute approximate surface area is 89.4 Å². The highest BCUT2D eigenvalue weighted by molar-refractivity contribution is 5.32. The second-order valence-corrected chi connectivity index (χ2v) is 3.69. The highest BCUT2D eigenvalue weighted by atomic mass is 19.1. The number of alkyl halides is 1. The van der Waals surface area contributed by atoms with Gasteiger partial charge in [0.15, 0.2) is 6.17 Å². The molecule has 0 heterocycles. The zero-order chi connectivity index (χ0) is 10.7. The van der Waals surface area contributed by atoms with Crippen molar-refractivity contribution in [3.8, 4) is 0 Å². The van der Waals surface area contributed by atoms with Crippen LogP contribution < -0.4 is 0 Å². The highest BCUT2D eigenvalue weighted by Gasteiger charge is 2.11. The minimum atomic E-state index is -1.02. The van der Waals surface area contributed by atoms with Crippen molar-refractivity contribution < 1.29 is 4.39 Å². The summed E-state index contributed by atoms with van der Waals surface area (Å²) in [6.07, 6.45) is -1.02. The van der Waals surface area contributed by atoms with Crippen molar-refractivity contribution in [3.63, 3.8) is 0 Å². The van der Waals surface area contributed by atoms with Gasteiger partial charge in [-0.15, -0.1) is 0 Å². The Balaban J connectivity index is 2.32. The molecule has 0 spiro atoms. The van der Waals surface area contributed by atoms with E-state index in [0.717, 1.165) is 11.1 Å². The van der Waals surface area contributed by atoms with E-state index in [2.05, 4.69) is 0 Å². The third-order valence-electron chi connectivity index (χ3n) is 2.43. The standard InChI is InChI=1S/C14H13F/c1-11-6-5-9-13(10-11)14(15)12-7-3-2-4-8-12/h2-10,14H,1H3. The zero-order valence-corrected chi connectivity index (χ0v) is 8.65. The molecule has 2 aromatic rings. The van der Waals surface area contributed by atoms with Gasteiger partial charge in [-0.3, -0.25) is 0 Å². The molecule has 0 bridgehead atoms. The molecular weight excluding hydrogens is 187 g/mol. The summed E-state index contributed by atoms with van der Waals surface area (Å²) in [5, 5.41) is 0. The van der Waals surface area contributed by atoms with Crippen molar-refractivity contribution >= 4 is 0 Å². The summed E-state index contributed by atoms with van der Waals surface area (Å²) < 4.78 is 14.0. The Hall–Kier alpha value is -1.63. The van der Waals surface area contributed by atoms with Crippen LogP contribution in [-0.2, 0) is 0 Å². The number of rotatable bonds is 2. The predicted octanol–water partition coefficient (Wildman–Crippen LogP) is 4.05. The lowest BCUT2D eigenvalue weighted by Crippen LogP contribution is -1.94. The lowest BCUT2D eigenvalue weighted by atomic mass is 10.0. The van der Waals surface area contributed by atoms with Gasteiger partial charge in [0.25, 0.3) is 0 Å². The summed E-state index contributed by atoms with van der Waals surface area (Å²) >= 11 is 0. The smallest absolute Gasteiger partial charge is 0.150 e. The molecule has 1 heteroatoms. The molecule has 15 heavy (non-hydrogen) atoms. The van der Waals surface area contributed by atoms with Gasteiger partial charge in [-0.1, -0.05) is 60.2 Å². The molecule has 0 saturated carbocycles. The molecule has 0 aromatic heterocycles. The van der Waals surface area contributed by atoms with Gasteiger partial charge in [0.2, 0.25) is 0 Å². The summed E-state index contributed by atoms with van der Waals surface area (Å²) in [7, 11) is 0. The van der Waals surface area contributed by atoms with Crippen LogP contribution in [0, 0.1) is 6.92 Å². The van der Waals surface area contributed by atoms with E-state index >= 15 is 0 Å². The van der Waals surface area contributed by atoms with Gasteiger partial charge in [-0.2, -0.15) is 0 Å². The van der Waals surface area contributed by atoms with E-state index in [1.54, 1.807) is 0 Å². The minimum Gasteiger partial charge on any atom is -0.237 e. The maximum Gasteiger partial charge on any atom is 0.150 e. The predicted molar refractivity (Wildman–Crippen MR) is 60.6 cm³/mol. The van der Waals surface area contributed by atoms with Crippen LogP contribution in [0.3, 0.4) is 0 Å². The third kappa shape index (κ3) is 2.24. The van der Waals surface area contributed by atoms with Gasteiger partial charge in [0, 0.05) is 0 Å². The number of aryl methyl sites for hydroxylation is 1. The Kier molecular flexibility index (Phi) is 2.82. The van der Waals surface area contributed by atoms with E-state index in [1.165, 1.54) is 0 Å². The maximum atomic E-state index is 14.0. The number of halogens is 1. The molecule has 0 fully saturated rings. The Morgan fingerprint density at radius 1 is 0.867 bits per heavy atom. The Morgan fingerprint density at radius 2 is 1.53 bits per heavy atom. The summed E-state index contributed by atoms with van der Waals surface area (Å²) in [5.74, 6) is 0. The maximum absolute atomic E-state index is 14.0. The fourth-order valence-corrected chi connectivity index (χ4v) is 1.64. The third-order valence-corrected chi connectivity index (χ3v) is 2.43. The monoisotopic (exact) mass is 200 g/mol. The first-order valence-corrected chi connectivity index (χ1v) is 5.03. The molecule has 0 aliphatic heterocycles. The van der Waals surface area contributed by atoms with Gasteiger partial charge in [0.1, 0.15) is 0 Å². The first-order valence-electron chi connectivity index (χ1n) is 5.03. The normalized spacial score (nSPS) is 12.4. The van der Waals surface area contributed by atoms with Crippen molar-refractivity contribution in [2.45, 2.75) is 13.1 Å². The second-order valence-electron chi connectivity index (χ2n) is 3.69. The molecule has 0 radical (unpaired) electrons. The topological polar surface area (TPSA) is 0 Å². The summed E-state index contributed by atoms with van der Waals surface area (Å²) in [5.41, 5.74) is 2.52. The van der Waals surface area contributed by atoms with E-state index in [-0.39, 0.29) is 0 Å². The number of hydrogen-bond acceptors (Lipinski definition) is 0. The highest BCUT2D eigenvalue weighted by Crippen LogP contribution is 2.25. The van der Waals surface area contributed by atoms with E-state index in [4.69, 9.17) is 0 Å². The van der Waals surface area contributed by atoms with Crippen molar-refractivity contribution in [2.24, 2.45) is 0 Å². The molecule has 2 aromatic carbocycles. The molecular formula is C14H13F. The fourth-order valence-electron chi connectivity index (χ4n) is 1.64. The van der Waals surface area contributed by atoms with Crippen molar-refractivity contribution in [2.75, 3.05) is 0 Å². The first-order chi connectivity index (χ1) is 7.27. The molecule has 1 unspecified atom stereocenters. The van der Waals surface area contributed by atoms with Crippen LogP contribution in [0.5, 0.6) is 0 Å². The minimum absolute atomic E-state index is 0.711. The fraction of sp³-hybridized carbons (Fsp3) is 0.143. The van der Waals surface area contributed by atoms with Gasteiger partial charge < -0.3 is 0 Å². The second kappa shape index (κ2) is 4.26. The van der Waals surface area contributed by atoms with E-state index in [1.807, 2.05) is 61.5 Å². The van der Waals surface area contributed by atoms with Crippen LogP contribution in [0.25, 0.3) is 0 Å². The molecule has 0 nitrogen and oxygen atoms in total. The Morgan fingerprint density at radius 3 is 2.20 bits per heavy atom. The van der Waals surface area contributed by atoms with Crippen LogP contribution in [-0.4, -0.2) is 0 Å².